The quantitative estimate of drug-likeness (QED) is 0.496. The lowest BCUT2D eigenvalue weighted by Gasteiger charge is -2.38. The van der Waals surface area contributed by atoms with Crippen LogP contribution in [0.25, 0.3) is 0 Å². The molecule has 0 spiro atoms. The molecule has 0 amide bonds. The molecule has 1 aromatic carbocycles. The van der Waals surface area contributed by atoms with Crippen LogP contribution < -0.4 is 5.46 Å². The summed E-state index contributed by atoms with van der Waals surface area (Å²) in [4.78, 5) is 11.4. The number of carbonyl (C=O) groups is 1. The minimum Gasteiger partial charge on any atom is -0.469 e. The maximum atomic E-state index is 11.4. The number of esters is 1. The first kappa shape index (κ1) is 17.1. The molecule has 5 heteroatoms. The molecule has 1 rings (SSSR count). The van der Waals surface area contributed by atoms with Crippen molar-refractivity contribution in [2.45, 2.75) is 44.5 Å². The minimum absolute atomic E-state index is 0.233. The van der Waals surface area contributed by atoms with Gasteiger partial charge in [0.2, 0.25) is 0 Å². The van der Waals surface area contributed by atoms with Crippen molar-refractivity contribution in [2.75, 3.05) is 7.11 Å². The van der Waals surface area contributed by atoms with E-state index in [2.05, 4.69) is 12.6 Å². The Labute approximate surface area is 127 Å². The van der Waals surface area contributed by atoms with Gasteiger partial charge in [0.15, 0.2) is 0 Å². The Kier molecular flexibility index (Phi) is 5.72. The molecule has 0 heterocycles. The molecule has 0 aliphatic carbocycles. The van der Waals surface area contributed by atoms with E-state index in [0.29, 0.717) is 0 Å². The number of hydrogen-bond acceptors (Lipinski definition) is 4. The SMILES string of the molecule is COC(=O)Cc1ccccc1[B]OC(C)(C)C(C)(C)S. The van der Waals surface area contributed by atoms with E-state index in [-0.39, 0.29) is 17.1 Å². The third-order valence-corrected chi connectivity index (χ3v) is 4.11. The minimum atomic E-state index is -0.436. The van der Waals surface area contributed by atoms with E-state index < -0.39 is 5.60 Å². The summed E-state index contributed by atoms with van der Waals surface area (Å²) in [6.07, 6.45) is 0.233. The summed E-state index contributed by atoms with van der Waals surface area (Å²) in [5.74, 6) is -0.264. The molecule has 0 fully saturated rings. The summed E-state index contributed by atoms with van der Waals surface area (Å²) >= 11 is 4.56. The third kappa shape index (κ3) is 4.56. The van der Waals surface area contributed by atoms with Gasteiger partial charge in [-0.05, 0) is 38.7 Å². The predicted octanol–water partition coefficient (Wildman–Crippen LogP) is 2.15. The summed E-state index contributed by atoms with van der Waals surface area (Å²) in [7, 11) is 3.08. The Bertz CT molecular complexity index is 466. The van der Waals surface area contributed by atoms with Crippen LogP contribution in [0.3, 0.4) is 0 Å². The lowest BCUT2D eigenvalue weighted by atomic mass is 9.80. The first-order valence-corrected chi connectivity index (χ1v) is 7.00. The fourth-order valence-electron chi connectivity index (χ4n) is 1.39. The average Bonchev–Trinajstić information content (AvgIpc) is 2.36. The molecule has 0 aromatic heterocycles. The van der Waals surface area contributed by atoms with Gasteiger partial charge in [0.1, 0.15) is 0 Å². The molecule has 0 N–H and O–H groups in total. The topological polar surface area (TPSA) is 35.5 Å². The molecule has 3 nitrogen and oxygen atoms in total. The molecule has 0 bridgehead atoms. The molecule has 0 saturated heterocycles. The number of ether oxygens (including phenoxy) is 1. The molecule has 0 atom stereocenters. The van der Waals surface area contributed by atoms with Gasteiger partial charge in [-0.25, -0.2) is 0 Å². The molecular weight excluding hydrogens is 271 g/mol. The molecule has 0 unspecified atom stereocenters. The van der Waals surface area contributed by atoms with Crippen LogP contribution in [0.5, 0.6) is 0 Å². The number of carbonyl (C=O) groups excluding carboxylic acids is 1. The maximum Gasteiger partial charge on any atom is 0.331 e. The highest BCUT2D eigenvalue weighted by molar-refractivity contribution is 7.81. The van der Waals surface area contributed by atoms with E-state index in [1.807, 2.05) is 52.0 Å². The molecule has 1 aromatic rings. The maximum absolute atomic E-state index is 11.4. The lowest BCUT2D eigenvalue weighted by molar-refractivity contribution is -0.139. The molecular formula is C15H22BO3S. The molecule has 109 valence electrons. The van der Waals surface area contributed by atoms with Gasteiger partial charge in [-0.15, -0.1) is 0 Å². The Morgan fingerprint density at radius 3 is 2.40 bits per heavy atom. The lowest BCUT2D eigenvalue weighted by Crippen LogP contribution is -2.46. The van der Waals surface area contributed by atoms with Gasteiger partial charge in [0.25, 0.3) is 0 Å². The van der Waals surface area contributed by atoms with Crippen molar-refractivity contribution in [3.8, 4) is 0 Å². The predicted molar refractivity (Wildman–Crippen MR) is 85.8 cm³/mol. The number of methoxy groups -OCH3 is 1. The van der Waals surface area contributed by atoms with Gasteiger partial charge in [0.05, 0.1) is 19.1 Å². The summed E-state index contributed by atoms with van der Waals surface area (Å²) in [5, 5.41) is 0. The van der Waals surface area contributed by atoms with E-state index in [9.17, 15) is 4.79 Å². The van der Waals surface area contributed by atoms with Crippen LogP contribution in [0.15, 0.2) is 24.3 Å². The molecule has 1 radical (unpaired) electrons. The standard InChI is InChI=1S/C15H22BO3S/c1-14(2,15(3,4)20)19-16-12-9-7-6-8-11(12)10-13(17)18-5/h6-9,20H,10H2,1-5H3. The van der Waals surface area contributed by atoms with Crippen molar-refractivity contribution in [1.82, 2.24) is 0 Å². The summed E-state index contributed by atoms with van der Waals surface area (Å²) in [6, 6.07) is 7.61. The Hall–Kier alpha value is -0.935. The van der Waals surface area contributed by atoms with Crippen LogP contribution in [0.1, 0.15) is 33.3 Å². The largest absolute Gasteiger partial charge is 0.469 e. The van der Waals surface area contributed by atoms with Crippen molar-refractivity contribution in [2.24, 2.45) is 0 Å². The van der Waals surface area contributed by atoms with Gasteiger partial charge in [-0.1, -0.05) is 24.3 Å². The highest BCUT2D eigenvalue weighted by atomic mass is 32.1. The first-order chi connectivity index (χ1) is 9.17. The number of thiol groups is 1. The van der Waals surface area contributed by atoms with Crippen LogP contribution >= 0.6 is 12.6 Å². The highest BCUT2D eigenvalue weighted by Crippen LogP contribution is 2.30. The number of hydrogen-bond donors (Lipinski definition) is 1. The highest BCUT2D eigenvalue weighted by Gasteiger charge is 2.34. The zero-order chi connectivity index (χ0) is 15.4. The summed E-state index contributed by atoms with van der Waals surface area (Å²) < 4.78 is 10.3. The number of rotatable bonds is 6. The van der Waals surface area contributed by atoms with E-state index in [4.69, 9.17) is 9.39 Å². The number of benzene rings is 1. The molecule has 0 saturated carbocycles. The van der Waals surface area contributed by atoms with Crippen molar-refractivity contribution in [3.63, 3.8) is 0 Å². The van der Waals surface area contributed by atoms with Crippen molar-refractivity contribution < 1.29 is 14.2 Å². The Morgan fingerprint density at radius 1 is 1.25 bits per heavy atom. The van der Waals surface area contributed by atoms with Gasteiger partial charge < -0.3 is 9.39 Å². The van der Waals surface area contributed by atoms with Gasteiger partial charge in [0, 0.05) is 4.75 Å². The zero-order valence-corrected chi connectivity index (χ0v) is 13.7. The van der Waals surface area contributed by atoms with Crippen molar-refractivity contribution in [3.05, 3.63) is 29.8 Å². The van der Waals surface area contributed by atoms with Crippen LogP contribution in [-0.2, 0) is 20.6 Å². The smallest absolute Gasteiger partial charge is 0.331 e. The van der Waals surface area contributed by atoms with Crippen LogP contribution in [0.4, 0.5) is 0 Å². The molecule has 0 aliphatic heterocycles. The van der Waals surface area contributed by atoms with Gasteiger partial charge in [-0.3, -0.25) is 4.79 Å². The third-order valence-electron chi connectivity index (χ3n) is 3.57. The van der Waals surface area contributed by atoms with E-state index in [0.717, 1.165) is 11.0 Å². The van der Waals surface area contributed by atoms with Crippen molar-refractivity contribution >= 4 is 31.5 Å². The van der Waals surface area contributed by atoms with E-state index in [1.165, 1.54) is 7.11 Å². The normalized spacial score (nSPS) is 12.1. The molecule has 0 aliphatic rings. The van der Waals surface area contributed by atoms with Crippen LogP contribution in [-0.4, -0.2) is 30.9 Å². The van der Waals surface area contributed by atoms with Crippen LogP contribution in [0, 0.1) is 0 Å². The van der Waals surface area contributed by atoms with Crippen molar-refractivity contribution in [1.29, 1.82) is 0 Å². The van der Waals surface area contributed by atoms with E-state index >= 15 is 0 Å². The van der Waals surface area contributed by atoms with Gasteiger partial charge >= 0.3 is 13.5 Å². The first-order valence-electron chi connectivity index (χ1n) is 6.55. The zero-order valence-electron chi connectivity index (χ0n) is 12.8. The second-order valence-corrected chi connectivity index (χ2v) is 6.87. The monoisotopic (exact) mass is 293 g/mol. The van der Waals surface area contributed by atoms with Crippen LogP contribution in [0.2, 0.25) is 0 Å². The fourth-order valence-corrected chi connectivity index (χ4v) is 1.45. The Morgan fingerprint density at radius 2 is 1.85 bits per heavy atom. The second kappa shape index (κ2) is 6.68. The summed E-state index contributed by atoms with van der Waals surface area (Å²) in [6.45, 7) is 7.98. The Balaban J connectivity index is 2.81. The average molecular weight is 293 g/mol. The van der Waals surface area contributed by atoms with E-state index in [1.54, 1.807) is 7.48 Å². The molecule has 20 heavy (non-hydrogen) atoms. The fraction of sp³-hybridized carbons (Fsp3) is 0.533. The van der Waals surface area contributed by atoms with Gasteiger partial charge in [-0.2, -0.15) is 12.6 Å². The summed E-state index contributed by atoms with van der Waals surface area (Å²) in [5.41, 5.74) is 1.32. The second-order valence-electron chi connectivity index (χ2n) is 5.76.